The molecule has 0 fully saturated rings. The second-order valence-electron chi connectivity index (χ2n) is 4.10. The summed E-state index contributed by atoms with van der Waals surface area (Å²) in [7, 11) is -7.32. The Bertz CT molecular complexity index is 689. The van der Waals surface area contributed by atoms with Crippen LogP contribution in [0.2, 0.25) is 0 Å². The summed E-state index contributed by atoms with van der Waals surface area (Å²) < 4.78 is 74.2. The van der Waals surface area contributed by atoms with Gasteiger partial charge in [-0.05, 0) is 12.1 Å². The Morgan fingerprint density at radius 3 is 2.20 bits per heavy atom. The number of rotatable bonds is 6. The van der Waals surface area contributed by atoms with Gasteiger partial charge in [0.1, 0.15) is 11.6 Å². The van der Waals surface area contributed by atoms with Gasteiger partial charge in [0, 0.05) is 19.2 Å². The molecule has 0 amide bonds. The van der Waals surface area contributed by atoms with Gasteiger partial charge in [0.05, 0.1) is 18.2 Å². The Kier molecular flexibility index (Phi) is 5.05. The largest absolute Gasteiger partial charge is 0.266 e. The summed E-state index contributed by atoms with van der Waals surface area (Å²) in [6.07, 6.45) is 1.76. The Hall–Kier alpha value is -1.26. The van der Waals surface area contributed by atoms with E-state index in [1.54, 1.807) is 0 Å². The van der Waals surface area contributed by atoms with Gasteiger partial charge in [0.15, 0.2) is 0 Å². The van der Waals surface area contributed by atoms with E-state index in [2.05, 4.69) is 4.72 Å². The molecule has 114 valence electrons. The van der Waals surface area contributed by atoms with E-state index in [-0.39, 0.29) is 18.8 Å². The maximum Gasteiger partial charge on any atom is 0.232 e. The maximum absolute atomic E-state index is 13.6. The number of hydrogen-bond acceptors (Lipinski definition) is 4. The first-order valence-corrected chi connectivity index (χ1v) is 9.12. The Balaban J connectivity index is 3.02. The average Bonchev–Trinajstić information content (AvgIpc) is 2.22. The topological polar surface area (TPSA) is 83.6 Å². The standard InChI is InChI=1S/C10H14F2N2O4S2/c1-19(15,16)13-5-6-14(20(2,17)18)10-4-3-8(11)7-9(10)12/h3-4,7,13H,5-6H2,1-2H3. The van der Waals surface area contributed by atoms with E-state index in [0.29, 0.717) is 10.4 Å². The molecule has 0 aliphatic heterocycles. The number of anilines is 1. The van der Waals surface area contributed by atoms with Crippen LogP contribution in [-0.2, 0) is 20.0 Å². The van der Waals surface area contributed by atoms with Crippen molar-refractivity contribution in [1.29, 1.82) is 0 Å². The molecule has 0 aromatic heterocycles. The molecule has 1 N–H and O–H groups in total. The molecule has 0 heterocycles. The fraction of sp³-hybridized carbons (Fsp3) is 0.400. The molecule has 0 aliphatic rings. The van der Waals surface area contributed by atoms with Gasteiger partial charge in [-0.15, -0.1) is 0 Å². The van der Waals surface area contributed by atoms with E-state index in [4.69, 9.17) is 0 Å². The summed E-state index contributed by atoms with van der Waals surface area (Å²) in [6, 6.07) is 2.45. The summed E-state index contributed by atoms with van der Waals surface area (Å²) in [5, 5.41) is 0. The van der Waals surface area contributed by atoms with Crippen LogP contribution in [0, 0.1) is 11.6 Å². The highest BCUT2D eigenvalue weighted by molar-refractivity contribution is 7.92. The van der Waals surface area contributed by atoms with Gasteiger partial charge in [-0.25, -0.2) is 30.3 Å². The van der Waals surface area contributed by atoms with Gasteiger partial charge in [-0.2, -0.15) is 0 Å². The Morgan fingerprint density at radius 2 is 1.75 bits per heavy atom. The van der Waals surface area contributed by atoms with E-state index < -0.39 is 31.7 Å². The van der Waals surface area contributed by atoms with Crippen LogP contribution in [0.1, 0.15) is 0 Å². The maximum atomic E-state index is 13.6. The molecule has 1 aromatic carbocycles. The number of nitrogens with one attached hydrogen (secondary N) is 1. The predicted octanol–water partition coefficient (Wildman–Crippen LogP) is 0.280. The van der Waals surface area contributed by atoms with Gasteiger partial charge in [0.2, 0.25) is 20.0 Å². The summed E-state index contributed by atoms with van der Waals surface area (Å²) in [5.41, 5.74) is -0.343. The van der Waals surface area contributed by atoms with E-state index in [1.165, 1.54) is 0 Å². The fourth-order valence-electron chi connectivity index (χ4n) is 1.48. The van der Waals surface area contributed by atoms with Crippen molar-refractivity contribution in [3.8, 4) is 0 Å². The summed E-state index contributed by atoms with van der Waals surface area (Å²) in [5.74, 6) is -1.89. The third-order valence-electron chi connectivity index (χ3n) is 2.26. The first-order valence-electron chi connectivity index (χ1n) is 5.38. The van der Waals surface area contributed by atoms with E-state index in [9.17, 15) is 25.6 Å². The van der Waals surface area contributed by atoms with Crippen LogP contribution in [0.15, 0.2) is 18.2 Å². The van der Waals surface area contributed by atoms with Gasteiger partial charge < -0.3 is 0 Å². The minimum Gasteiger partial charge on any atom is -0.266 e. The molecule has 1 aromatic rings. The van der Waals surface area contributed by atoms with Crippen molar-refractivity contribution in [2.75, 3.05) is 29.9 Å². The van der Waals surface area contributed by atoms with E-state index >= 15 is 0 Å². The summed E-state index contributed by atoms with van der Waals surface area (Å²) in [6.45, 7) is -0.544. The lowest BCUT2D eigenvalue weighted by atomic mass is 10.3. The lowest BCUT2D eigenvalue weighted by Gasteiger charge is -2.22. The van der Waals surface area contributed by atoms with Crippen molar-refractivity contribution in [2.24, 2.45) is 0 Å². The minimum absolute atomic E-state index is 0.233. The SMILES string of the molecule is CS(=O)(=O)NCCN(c1ccc(F)cc1F)S(C)(=O)=O. The second-order valence-corrected chi connectivity index (χ2v) is 7.84. The number of benzene rings is 1. The van der Waals surface area contributed by atoms with Crippen molar-refractivity contribution < 1.29 is 25.6 Å². The first kappa shape index (κ1) is 16.8. The molecule has 0 aliphatic carbocycles. The van der Waals surface area contributed by atoms with Crippen LogP contribution in [0.3, 0.4) is 0 Å². The highest BCUT2D eigenvalue weighted by Crippen LogP contribution is 2.22. The number of hydrogen-bond donors (Lipinski definition) is 1. The van der Waals surface area contributed by atoms with Crippen molar-refractivity contribution >= 4 is 25.7 Å². The van der Waals surface area contributed by atoms with Crippen molar-refractivity contribution in [1.82, 2.24) is 4.72 Å². The van der Waals surface area contributed by atoms with Gasteiger partial charge in [-0.1, -0.05) is 0 Å². The lowest BCUT2D eigenvalue weighted by Crippen LogP contribution is -2.38. The lowest BCUT2D eigenvalue weighted by molar-refractivity contribution is 0.572. The van der Waals surface area contributed by atoms with Crippen LogP contribution >= 0.6 is 0 Å². The minimum atomic E-state index is -3.83. The molecule has 0 saturated carbocycles. The zero-order valence-electron chi connectivity index (χ0n) is 10.8. The Labute approximate surface area is 116 Å². The Morgan fingerprint density at radius 1 is 1.15 bits per heavy atom. The highest BCUT2D eigenvalue weighted by atomic mass is 32.2. The molecule has 10 heteroatoms. The van der Waals surface area contributed by atoms with Crippen LogP contribution in [-0.4, -0.2) is 42.4 Å². The first-order chi connectivity index (χ1) is 9.00. The number of halogens is 2. The third kappa shape index (κ3) is 5.02. The number of sulfonamides is 2. The molecule has 6 nitrogen and oxygen atoms in total. The van der Waals surface area contributed by atoms with Crippen LogP contribution in [0.25, 0.3) is 0 Å². The van der Waals surface area contributed by atoms with Crippen LogP contribution in [0.5, 0.6) is 0 Å². The molecule has 0 bridgehead atoms. The molecular formula is C10H14F2N2O4S2. The summed E-state index contributed by atoms with van der Waals surface area (Å²) >= 11 is 0. The van der Waals surface area contributed by atoms with Crippen molar-refractivity contribution in [2.45, 2.75) is 0 Å². The quantitative estimate of drug-likeness (QED) is 0.813. The smallest absolute Gasteiger partial charge is 0.232 e. The van der Waals surface area contributed by atoms with E-state index in [1.807, 2.05) is 0 Å². The molecule has 0 atom stereocenters. The van der Waals surface area contributed by atoms with Crippen molar-refractivity contribution in [3.05, 3.63) is 29.8 Å². The van der Waals surface area contributed by atoms with Crippen LogP contribution < -0.4 is 9.03 Å². The average molecular weight is 328 g/mol. The van der Waals surface area contributed by atoms with Gasteiger partial charge in [-0.3, -0.25) is 4.31 Å². The third-order valence-corrected chi connectivity index (χ3v) is 4.17. The van der Waals surface area contributed by atoms with Gasteiger partial charge >= 0.3 is 0 Å². The highest BCUT2D eigenvalue weighted by Gasteiger charge is 2.21. The fourth-order valence-corrected chi connectivity index (χ4v) is 2.87. The zero-order valence-corrected chi connectivity index (χ0v) is 12.4. The molecular weight excluding hydrogens is 314 g/mol. The van der Waals surface area contributed by atoms with Crippen LogP contribution in [0.4, 0.5) is 14.5 Å². The predicted molar refractivity (Wildman–Crippen MR) is 71.4 cm³/mol. The molecule has 0 spiro atoms. The zero-order chi connectivity index (χ0) is 15.6. The monoisotopic (exact) mass is 328 g/mol. The molecule has 0 radical (unpaired) electrons. The molecule has 0 saturated heterocycles. The molecule has 20 heavy (non-hydrogen) atoms. The van der Waals surface area contributed by atoms with E-state index in [0.717, 1.165) is 24.6 Å². The normalized spacial score (nSPS) is 12.4. The number of nitrogens with zero attached hydrogens (tertiary/aromatic N) is 1. The summed E-state index contributed by atoms with van der Waals surface area (Å²) in [4.78, 5) is 0. The second kappa shape index (κ2) is 6.02. The molecule has 0 unspecified atom stereocenters. The molecule has 1 rings (SSSR count). The van der Waals surface area contributed by atoms with Gasteiger partial charge in [0.25, 0.3) is 0 Å². The van der Waals surface area contributed by atoms with Crippen molar-refractivity contribution in [3.63, 3.8) is 0 Å².